The maximum atomic E-state index is 12.6. The van der Waals surface area contributed by atoms with E-state index in [9.17, 15) is 9.59 Å². The van der Waals surface area contributed by atoms with Crippen LogP contribution in [0.5, 0.6) is 0 Å². The Labute approximate surface area is 143 Å². The van der Waals surface area contributed by atoms with Crippen LogP contribution in [0.1, 0.15) is 27.8 Å². The van der Waals surface area contributed by atoms with Gasteiger partial charge in [-0.2, -0.15) is 0 Å². The third kappa shape index (κ3) is 2.32. The fourth-order valence-electron chi connectivity index (χ4n) is 3.11. The summed E-state index contributed by atoms with van der Waals surface area (Å²) in [5.74, 6) is -0.00944. The number of benzene rings is 1. The molecule has 0 saturated heterocycles. The lowest BCUT2D eigenvalue weighted by Crippen LogP contribution is -2.05. The highest BCUT2D eigenvalue weighted by Gasteiger charge is 2.27. The average Bonchev–Trinajstić information content (AvgIpc) is 3.20. The molecule has 5 heteroatoms. The van der Waals surface area contributed by atoms with E-state index in [-0.39, 0.29) is 6.61 Å². The quantitative estimate of drug-likeness (QED) is 0.412. The van der Waals surface area contributed by atoms with Crippen LogP contribution in [0.15, 0.2) is 59.1 Å². The molecule has 0 aliphatic rings. The van der Waals surface area contributed by atoms with Crippen molar-refractivity contribution in [3.63, 3.8) is 0 Å². The van der Waals surface area contributed by atoms with E-state index >= 15 is 0 Å². The number of hydrogen-bond donors (Lipinski definition) is 0. The molecule has 0 spiro atoms. The standard InChI is InChI=1S/C20H15NO4/c1-2-24-20(23)19-14-8-5-6-10-21(14)15(12-22)18(19)17-11-13-7-3-4-9-16(13)25-17/h3-12H,2H2,1H3. The smallest absolute Gasteiger partial charge is 0.341 e. The van der Waals surface area contributed by atoms with Gasteiger partial charge in [0.25, 0.3) is 0 Å². The summed E-state index contributed by atoms with van der Waals surface area (Å²) in [5.41, 5.74) is 2.45. The van der Waals surface area contributed by atoms with Crippen LogP contribution in [-0.2, 0) is 4.74 Å². The molecule has 0 unspecified atom stereocenters. The lowest BCUT2D eigenvalue weighted by Gasteiger charge is -2.03. The number of hydrogen-bond acceptors (Lipinski definition) is 4. The highest BCUT2D eigenvalue weighted by molar-refractivity contribution is 6.09. The van der Waals surface area contributed by atoms with Crippen LogP contribution < -0.4 is 0 Å². The van der Waals surface area contributed by atoms with E-state index in [1.807, 2.05) is 36.4 Å². The second-order valence-corrected chi connectivity index (χ2v) is 5.58. The Bertz CT molecular complexity index is 1070. The number of aldehydes is 1. The Kier molecular flexibility index (Phi) is 3.61. The number of fused-ring (bicyclic) bond motifs is 2. The normalized spacial score (nSPS) is 11.1. The number of esters is 1. The van der Waals surface area contributed by atoms with Crippen molar-refractivity contribution in [2.45, 2.75) is 6.92 Å². The van der Waals surface area contributed by atoms with Crippen molar-refractivity contribution in [3.8, 4) is 11.3 Å². The second kappa shape index (κ2) is 5.94. The van der Waals surface area contributed by atoms with E-state index in [1.165, 1.54) is 0 Å². The molecular formula is C20H15NO4. The van der Waals surface area contributed by atoms with Crippen LogP contribution >= 0.6 is 0 Å². The molecule has 0 amide bonds. The molecule has 0 atom stereocenters. The molecule has 0 bridgehead atoms. The molecule has 0 aliphatic carbocycles. The SMILES string of the molecule is CCOC(=O)c1c(-c2cc3ccccc3o2)c(C=O)n2ccccc12. The number of carbonyl (C=O) groups excluding carboxylic acids is 2. The van der Waals surface area contributed by atoms with Gasteiger partial charge in [0, 0.05) is 11.6 Å². The molecule has 4 rings (SSSR count). The minimum atomic E-state index is -0.477. The van der Waals surface area contributed by atoms with Gasteiger partial charge >= 0.3 is 5.97 Å². The number of aromatic nitrogens is 1. The number of para-hydroxylation sites is 1. The lowest BCUT2D eigenvalue weighted by atomic mass is 10.1. The largest absolute Gasteiger partial charge is 0.462 e. The molecule has 0 N–H and O–H groups in total. The predicted molar refractivity (Wildman–Crippen MR) is 93.9 cm³/mol. The summed E-state index contributed by atoms with van der Waals surface area (Å²) in [5, 5.41) is 0.902. The van der Waals surface area contributed by atoms with Gasteiger partial charge in [-0.3, -0.25) is 4.79 Å². The molecule has 3 aromatic heterocycles. The minimum Gasteiger partial charge on any atom is -0.462 e. The van der Waals surface area contributed by atoms with E-state index < -0.39 is 5.97 Å². The third-order valence-corrected chi connectivity index (χ3v) is 4.14. The van der Waals surface area contributed by atoms with Crippen molar-refractivity contribution >= 4 is 28.7 Å². The summed E-state index contributed by atoms with van der Waals surface area (Å²) in [4.78, 5) is 24.4. The molecule has 5 nitrogen and oxygen atoms in total. The third-order valence-electron chi connectivity index (χ3n) is 4.14. The van der Waals surface area contributed by atoms with Gasteiger partial charge in [0.05, 0.1) is 28.9 Å². The van der Waals surface area contributed by atoms with Crippen LogP contribution in [0.2, 0.25) is 0 Å². The summed E-state index contributed by atoms with van der Waals surface area (Å²) >= 11 is 0. The Hall–Kier alpha value is -3.34. The Morgan fingerprint density at radius 1 is 1.20 bits per heavy atom. The number of rotatable bonds is 4. The monoisotopic (exact) mass is 333 g/mol. The molecule has 1 aromatic carbocycles. The zero-order valence-electron chi connectivity index (χ0n) is 13.6. The first-order valence-electron chi connectivity index (χ1n) is 7.99. The highest BCUT2D eigenvalue weighted by Crippen LogP contribution is 2.36. The molecule has 4 aromatic rings. The summed E-state index contributed by atoms with van der Waals surface area (Å²) in [6.45, 7) is 2.00. The van der Waals surface area contributed by atoms with E-state index in [2.05, 4.69) is 0 Å². The first-order chi connectivity index (χ1) is 12.2. The van der Waals surface area contributed by atoms with Gasteiger partial charge in [0.1, 0.15) is 11.3 Å². The molecule has 124 valence electrons. The van der Waals surface area contributed by atoms with E-state index in [0.29, 0.717) is 33.7 Å². The molecular weight excluding hydrogens is 318 g/mol. The van der Waals surface area contributed by atoms with Gasteiger partial charge in [-0.1, -0.05) is 24.3 Å². The number of ether oxygens (including phenoxy) is 1. The number of furan rings is 1. The maximum absolute atomic E-state index is 12.6. The van der Waals surface area contributed by atoms with Crippen LogP contribution in [0.3, 0.4) is 0 Å². The fraction of sp³-hybridized carbons (Fsp3) is 0.100. The first kappa shape index (κ1) is 15.2. The van der Waals surface area contributed by atoms with Gasteiger partial charge in [-0.05, 0) is 31.2 Å². The Morgan fingerprint density at radius 3 is 2.76 bits per heavy atom. The van der Waals surface area contributed by atoms with E-state index in [1.54, 1.807) is 29.7 Å². The van der Waals surface area contributed by atoms with E-state index in [0.717, 1.165) is 11.7 Å². The molecule has 0 aliphatic heterocycles. The first-order valence-corrected chi connectivity index (χ1v) is 7.99. The molecule has 0 fully saturated rings. The van der Waals surface area contributed by atoms with Crippen molar-refractivity contribution in [1.82, 2.24) is 4.40 Å². The predicted octanol–water partition coefficient (Wildman–Crippen LogP) is 4.34. The fourth-order valence-corrected chi connectivity index (χ4v) is 3.11. The van der Waals surface area contributed by atoms with Crippen molar-refractivity contribution < 1.29 is 18.7 Å². The summed E-state index contributed by atoms with van der Waals surface area (Å²) in [7, 11) is 0. The Balaban J connectivity index is 2.08. The van der Waals surface area contributed by atoms with Gasteiger partial charge in [-0.15, -0.1) is 0 Å². The Morgan fingerprint density at radius 2 is 2.00 bits per heavy atom. The summed E-state index contributed by atoms with van der Waals surface area (Å²) in [6.07, 6.45) is 2.48. The minimum absolute atomic E-state index is 0.249. The van der Waals surface area contributed by atoms with Gasteiger partial charge in [0.2, 0.25) is 0 Å². The summed E-state index contributed by atoms with van der Waals surface area (Å²) < 4.78 is 12.8. The topological polar surface area (TPSA) is 60.9 Å². The van der Waals surface area contributed by atoms with Gasteiger partial charge in [0.15, 0.2) is 6.29 Å². The molecule has 0 saturated carbocycles. The average molecular weight is 333 g/mol. The van der Waals surface area contributed by atoms with Crippen LogP contribution in [0.4, 0.5) is 0 Å². The number of nitrogens with zero attached hydrogens (tertiary/aromatic N) is 1. The van der Waals surface area contributed by atoms with Crippen molar-refractivity contribution in [3.05, 3.63) is 66.0 Å². The van der Waals surface area contributed by atoms with Crippen molar-refractivity contribution in [2.75, 3.05) is 6.61 Å². The number of pyridine rings is 1. The van der Waals surface area contributed by atoms with Gasteiger partial charge in [-0.25, -0.2) is 4.79 Å². The highest BCUT2D eigenvalue weighted by atomic mass is 16.5. The second-order valence-electron chi connectivity index (χ2n) is 5.58. The zero-order chi connectivity index (χ0) is 17.4. The summed E-state index contributed by atoms with van der Waals surface area (Å²) in [6, 6.07) is 14.8. The zero-order valence-corrected chi connectivity index (χ0v) is 13.6. The van der Waals surface area contributed by atoms with E-state index in [4.69, 9.17) is 9.15 Å². The van der Waals surface area contributed by atoms with Crippen LogP contribution in [0, 0.1) is 0 Å². The molecule has 3 heterocycles. The lowest BCUT2D eigenvalue weighted by molar-refractivity contribution is 0.0529. The molecule has 25 heavy (non-hydrogen) atoms. The molecule has 0 radical (unpaired) electrons. The maximum Gasteiger partial charge on any atom is 0.341 e. The van der Waals surface area contributed by atoms with Crippen molar-refractivity contribution in [1.29, 1.82) is 0 Å². The number of carbonyl (C=O) groups is 2. The van der Waals surface area contributed by atoms with Crippen molar-refractivity contribution in [2.24, 2.45) is 0 Å². The van der Waals surface area contributed by atoms with Crippen LogP contribution in [-0.4, -0.2) is 23.3 Å². The van der Waals surface area contributed by atoms with Crippen LogP contribution in [0.25, 0.3) is 27.8 Å². The van der Waals surface area contributed by atoms with Gasteiger partial charge < -0.3 is 13.6 Å².